The Bertz CT molecular complexity index is 748. The Morgan fingerprint density at radius 2 is 1.89 bits per heavy atom. The molecule has 0 spiro atoms. The summed E-state index contributed by atoms with van der Waals surface area (Å²) in [5.74, 6) is 0.506. The van der Waals surface area contributed by atoms with E-state index in [1.807, 2.05) is 22.6 Å². The van der Waals surface area contributed by atoms with Gasteiger partial charge >= 0.3 is 0 Å². The second-order valence-electron chi connectivity index (χ2n) is 3.73. The smallest absolute Gasteiger partial charge is 0.235 e. The molecule has 18 heavy (non-hydrogen) atoms. The van der Waals surface area contributed by atoms with Gasteiger partial charge in [-0.2, -0.15) is 0 Å². The van der Waals surface area contributed by atoms with E-state index in [2.05, 4.69) is 25.9 Å². The van der Waals surface area contributed by atoms with Gasteiger partial charge in [0.2, 0.25) is 9.57 Å². The van der Waals surface area contributed by atoms with Crippen molar-refractivity contribution in [1.82, 2.24) is 14.4 Å². The molecular weight excluding hydrogens is 360 g/mol. The fourth-order valence-electron chi connectivity index (χ4n) is 1.73. The zero-order chi connectivity index (χ0) is 12.9. The summed E-state index contributed by atoms with van der Waals surface area (Å²) in [6.07, 6.45) is 1.79. The Hall–Kier alpha value is -0.550. The zero-order valence-electron chi connectivity index (χ0n) is 8.74. The highest BCUT2D eigenvalue weighted by molar-refractivity contribution is 9.10. The third-order valence-corrected chi connectivity index (χ3v) is 3.60. The van der Waals surface area contributed by atoms with E-state index in [1.54, 1.807) is 12.3 Å². The van der Waals surface area contributed by atoms with Crippen LogP contribution in [0.3, 0.4) is 0 Å². The molecule has 0 bridgehead atoms. The highest BCUT2D eigenvalue weighted by Crippen LogP contribution is 2.37. The standard InChI is InChI=1S/C11H5BrCl3N3/c12-6-1-2-7-8(5-6)18-4-3-9(11(13,14)15)17-10(18)16-7/h1-5H. The molecule has 0 radical (unpaired) electrons. The second-order valence-corrected chi connectivity index (χ2v) is 6.92. The SMILES string of the molecule is ClC(Cl)(Cl)c1ccn2c(n1)nc1ccc(Br)cc12. The summed E-state index contributed by atoms with van der Waals surface area (Å²) in [6, 6.07) is 7.46. The Kier molecular flexibility index (Phi) is 2.94. The molecule has 0 amide bonds. The van der Waals surface area contributed by atoms with Gasteiger partial charge in [-0.25, -0.2) is 9.97 Å². The number of hydrogen-bond acceptors (Lipinski definition) is 2. The summed E-state index contributed by atoms with van der Waals surface area (Å²) in [6.45, 7) is 0. The van der Waals surface area contributed by atoms with E-state index < -0.39 is 3.79 Å². The first-order valence-electron chi connectivity index (χ1n) is 4.97. The predicted molar refractivity (Wildman–Crippen MR) is 77.4 cm³/mol. The summed E-state index contributed by atoms with van der Waals surface area (Å²) in [5.41, 5.74) is 2.14. The van der Waals surface area contributed by atoms with Crippen LogP contribution in [0.1, 0.15) is 5.69 Å². The molecule has 3 rings (SSSR count). The van der Waals surface area contributed by atoms with Gasteiger partial charge in [-0.3, -0.25) is 4.40 Å². The lowest BCUT2D eigenvalue weighted by atomic mass is 10.3. The molecule has 0 saturated heterocycles. The Balaban J connectivity index is 2.34. The number of rotatable bonds is 0. The Morgan fingerprint density at radius 1 is 1.11 bits per heavy atom. The third kappa shape index (κ3) is 2.07. The number of alkyl halides is 3. The molecule has 0 fully saturated rings. The number of imidazole rings is 1. The number of benzene rings is 1. The molecule has 0 saturated carbocycles. The lowest BCUT2D eigenvalue weighted by molar-refractivity contribution is 1.03. The van der Waals surface area contributed by atoms with Gasteiger partial charge in [0, 0.05) is 10.7 Å². The molecule has 0 aliphatic rings. The molecule has 2 aromatic heterocycles. The largest absolute Gasteiger partial charge is 0.284 e. The van der Waals surface area contributed by atoms with E-state index in [1.165, 1.54) is 0 Å². The molecule has 92 valence electrons. The van der Waals surface area contributed by atoms with E-state index in [0.717, 1.165) is 15.5 Å². The first kappa shape index (κ1) is 12.5. The van der Waals surface area contributed by atoms with Gasteiger partial charge in [0.25, 0.3) is 0 Å². The van der Waals surface area contributed by atoms with E-state index in [9.17, 15) is 0 Å². The molecule has 0 atom stereocenters. The van der Waals surface area contributed by atoms with E-state index in [0.29, 0.717) is 11.5 Å². The van der Waals surface area contributed by atoms with E-state index in [-0.39, 0.29) is 0 Å². The fraction of sp³-hybridized carbons (Fsp3) is 0.0909. The summed E-state index contributed by atoms with van der Waals surface area (Å²) in [5, 5.41) is 0. The van der Waals surface area contributed by atoms with Crippen LogP contribution >= 0.6 is 50.7 Å². The van der Waals surface area contributed by atoms with Crippen molar-refractivity contribution < 1.29 is 0 Å². The number of aromatic nitrogens is 3. The minimum atomic E-state index is -1.54. The molecule has 3 aromatic rings. The van der Waals surface area contributed by atoms with Crippen molar-refractivity contribution in [3.05, 3.63) is 40.6 Å². The maximum atomic E-state index is 5.81. The summed E-state index contributed by atoms with van der Waals surface area (Å²) >= 11 is 20.8. The summed E-state index contributed by atoms with van der Waals surface area (Å²) < 4.78 is 1.28. The van der Waals surface area contributed by atoms with Crippen LogP contribution in [0.5, 0.6) is 0 Å². The van der Waals surface area contributed by atoms with Crippen molar-refractivity contribution in [2.45, 2.75) is 3.79 Å². The van der Waals surface area contributed by atoms with Gasteiger partial charge in [0.1, 0.15) is 0 Å². The molecule has 1 aromatic carbocycles. The first-order chi connectivity index (χ1) is 8.45. The molecular formula is C11H5BrCl3N3. The lowest BCUT2D eigenvalue weighted by Crippen LogP contribution is -2.05. The van der Waals surface area contributed by atoms with Crippen LogP contribution < -0.4 is 0 Å². The van der Waals surface area contributed by atoms with Crippen LogP contribution in [-0.2, 0) is 3.79 Å². The monoisotopic (exact) mass is 363 g/mol. The van der Waals surface area contributed by atoms with Crippen molar-refractivity contribution in [3.63, 3.8) is 0 Å². The van der Waals surface area contributed by atoms with Crippen LogP contribution in [0.15, 0.2) is 34.9 Å². The molecule has 0 aliphatic heterocycles. The van der Waals surface area contributed by atoms with Gasteiger partial charge in [-0.15, -0.1) is 0 Å². The van der Waals surface area contributed by atoms with Crippen molar-refractivity contribution in [2.75, 3.05) is 0 Å². The fourth-order valence-corrected chi connectivity index (χ4v) is 2.39. The number of fused-ring (bicyclic) bond motifs is 3. The topological polar surface area (TPSA) is 30.2 Å². The van der Waals surface area contributed by atoms with Crippen molar-refractivity contribution in [1.29, 1.82) is 0 Å². The van der Waals surface area contributed by atoms with Crippen molar-refractivity contribution >= 4 is 67.5 Å². The van der Waals surface area contributed by atoms with Crippen LogP contribution in [0.4, 0.5) is 0 Å². The van der Waals surface area contributed by atoms with Gasteiger partial charge in [0.15, 0.2) is 0 Å². The summed E-state index contributed by atoms with van der Waals surface area (Å²) in [4.78, 5) is 8.64. The minimum absolute atomic E-state index is 0.356. The average molecular weight is 365 g/mol. The van der Waals surface area contributed by atoms with Crippen LogP contribution in [0.2, 0.25) is 0 Å². The predicted octanol–water partition coefficient (Wildman–Crippen LogP) is 4.47. The van der Waals surface area contributed by atoms with Gasteiger partial charge in [-0.05, 0) is 24.3 Å². The zero-order valence-corrected chi connectivity index (χ0v) is 12.6. The molecule has 0 aliphatic carbocycles. The number of halogens is 4. The van der Waals surface area contributed by atoms with E-state index in [4.69, 9.17) is 34.8 Å². The van der Waals surface area contributed by atoms with Crippen molar-refractivity contribution in [3.8, 4) is 0 Å². The molecule has 2 heterocycles. The lowest BCUT2D eigenvalue weighted by Gasteiger charge is -2.09. The molecule has 3 nitrogen and oxygen atoms in total. The van der Waals surface area contributed by atoms with Gasteiger partial charge in [0.05, 0.1) is 16.7 Å². The highest BCUT2D eigenvalue weighted by atomic mass is 79.9. The molecule has 0 unspecified atom stereocenters. The minimum Gasteiger partial charge on any atom is -0.284 e. The maximum Gasteiger partial charge on any atom is 0.235 e. The van der Waals surface area contributed by atoms with Crippen LogP contribution in [0, 0.1) is 0 Å². The van der Waals surface area contributed by atoms with Crippen LogP contribution in [-0.4, -0.2) is 14.4 Å². The highest BCUT2D eigenvalue weighted by Gasteiger charge is 2.25. The summed E-state index contributed by atoms with van der Waals surface area (Å²) in [7, 11) is 0. The second kappa shape index (κ2) is 4.23. The Labute approximate surface area is 126 Å². The quantitative estimate of drug-likeness (QED) is 0.550. The van der Waals surface area contributed by atoms with E-state index >= 15 is 0 Å². The molecule has 0 N–H and O–H groups in total. The average Bonchev–Trinajstić information content (AvgIpc) is 2.65. The maximum absolute atomic E-state index is 5.81. The Morgan fingerprint density at radius 3 is 2.61 bits per heavy atom. The normalized spacial score (nSPS) is 12.4. The van der Waals surface area contributed by atoms with Crippen LogP contribution in [0.25, 0.3) is 16.8 Å². The third-order valence-electron chi connectivity index (χ3n) is 2.53. The number of nitrogens with zero attached hydrogens (tertiary/aromatic N) is 3. The van der Waals surface area contributed by atoms with Crippen molar-refractivity contribution in [2.24, 2.45) is 0 Å². The first-order valence-corrected chi connectivity index (χ1v) is 6.89. The van der Waals surface area contributed by atoms with Gasteiger partial charge in [-0.1, -0.05) is 50.7 Å². The van der Waals surface area contributed by atoms with Gasteiger partial charge < -0.3 is 0 Å². The molecule has 7 heteroatoms. The number of hydrogen-bond donors (Lipinski definition) is 0.